The SMILES string of the molecule is COC(=O)C1CC(C)C2(CCN(C(=O)N(C)C(C)c3cc(C(F)(F)F)cc(C(F)(F)F)c3)C(c3ccc(F)cc3C)C2)N1. The van der Waals surface area contributed by atoms with Gasteiger partial charge in [-0.2, -0.15) is 26.3 Å². The number of aryl methyl sites for hydroxylation is 1. The van der Waals surface area contributed by atoms with Crippen molar-refractivity contribution in [1.29, 1.82) is 0 Å². The molecule has 1 N–H and O–H groups in total. The van der Waals surface area contributed by atoms with Crippen molar-refractivity contribution in [2.45, 2.75) is 76.1 Å². The lowest BCUT2D eigenvalue weighted by atomic mass is 9.74. The first kappa shape index (κ1) is 32.6. The topological polar surface area (TPSA) is 61.9 Å². The number of nitrogens with one attached hydrogen (secondary N) is 1. The summed E-state index contributed by atoms with van der Waals surface area (Å²) < 4.78 is 100. The van der Waals surface area contributed by atoms with Gasteiger partial charge in [-0.05, 0) is 86.1 Å². The number of hydrogen-bond donors (Lipinski definition) is 1. The Labute approximate surface area is 245 Å². The van der Waals surface area contributed by atoms with Crippen LogP contribution >= 0.6 is 0 Å². The maximum atomic E-state index is 14.0. The molecule has 0 radical (unpaired) electrons. The van der Waals surface area contributed by atoms with E-state index in [1.54, 1.807) is 13.0 Å². The van der Waals surface area contributed by atoms with Crippen LogP contribution in [-0.4, -0.2) is 54.1 Å². The van der Waals surface area contributed by atoms with E-state index in [4.69, 9.17) is 4.74 Å². The van der Waals surface area contributed by atoms with Crippen LogP contribution in [-0.2, 0) is 21.9 Å². The molecule has 0 aromatic heterocycles. The Hall–Kier alpha value is -3.35. The molecule has 5 atom stereocenters. The fourth-order valence-electron chi connectivity index (χ4n) is 6.37. The second-order valence-corrected chi connectivity index (χ2v) is 11.6. The number of piperidine rings is 1. The average molecular weight is 618 g/mol. The van der Waals surface area contributed by atoms with Crippen LogP contribution in [0.5, 0.6) is 0 Å². The molecule has 5 unspecified atom stereocenters. The lowest BCUT2D eigenvalue weighted by Gasteiger charge is -2.49. The van der Waals surface area contributed by atoms with E-state index < -0.39 is 65.0 Å². The summed E-state index contributed by atoms with van der Waals surface area (Å²) in [5.41, 5.74) is -2.62. The number of benzene rings is 2. The molecule has 2 aromatic carbocycles. The molecule has 2 aliphatic rings. The number of nitrogens with zero attached hydrogens (tertiary/aromatic N) is 2. The van der Waals surface area contributed by atoms with Crippen LogP contribution in [0.3, 0.4) is 0 Å². The Balaban J connectivity index is 1.69. The molecular weight excluding hydrogens is 583 g/mol. The number of esters is 1. The van der Waals surface area contributed by atoms with Gasteiger partial charge in [0, 0.05) is 19.1 Å². The Kier molecular flexibility index (Phi) is 8.80. The van der Waals surface area contributed by atoms with E-state index >= 15 is 0 Å². The first-order valence-electron chi connectivity index (χ1n) is 13.8. The van der Waals surface area contributed by atoms with Crippen molar-refractivity contribution in [2.75, 3.05) is 20.7 Å². The van der Waals surface area contributed by atoms with Gasteiger partial charge in [0.05, 0.1) is 30.3 Å². The predicted molar refractivity (Wildman–Crippen MR) is 143 cm³/mol. The minimum absolute atomic E-state index is 0.000317. The Morgan fingerprint density at radius 1 is 1.07 bits per heavy atom. The van der Waals surface area contributed by atoms with E-state index in [-0.39, 0.29) is 24.1 Å². The standard InChI is InChI=1S/C30H34F7N3O3/c1-16-10-22(31)6-7-23(16)25-15-28(17(2)11-24(38-28)26(41)43-5)8-9-40(25)27(42)39(4)18(3)19-12-20(29(32,33)34)14-21(13-19)30(35,36)37/h6-7,10,12-14,17-18,24-25,38H,8-9,11,15H2,1-5H3. The Bertz CT molecular complexity index is 1350. The smallest absolute Gasteiger partial charge is 0.416 e. The summed E-state index contributed by atoms with van der Waals surface area (Å²) in [6.07, 6.45) is -8.79. The van der Waals surface area contributed by atoms with Crippen molar-refractivity contribution in [3.63, 3.8) is 0 Å². The Morgan fingerprint density at radius 2 is 1.67 bits per heavy atom. The number of hydrogen-bond acceptors (Lipinski definition) is 4. The van der Waals surface area contributed by atoms with Crippen molar-refractivity contribution >= 4 is 12.0 Å². The zero-order chi connectivity index (χ0) is 32.1. The molecule has 1 spiro atoms. The summed E-state index contributed by atoms with van der Waals surface area (Å²) in [5.74, 6) is -0.886. The number of halogens is 7. The van der Waals surface area contributed by atoms with Crippen LogP contribution in [0.4, 0.5) is 35.5 Å². The van der Waals surface area contributed by atoms with Gasteiger partial charge in [0.15, 0.2) is 0 Å². The van der Waals surface area contributed by atoms with Gasteiger partial charge in [-0.15, -0.1) is 0 Å². The zero-order valence-corrected chi connectivity index (χ0v) is 24.4. The number of likely N-dealkylation sites (tertiary alicyclic amines) is 1. The Morgan fingerprint density at radius 3 is 2.21 bits per heavy atom. The van der Waals surface area contributed by atoms with Crippen LogP contribution < -0.4 is 5.32 Å². The lowest BCUT2D eigenvalue weighted by Crippen LogP contribution is -2.58. The minimum atomic E-state index is -5.03. The molecular formula is C30H34F7N3O3. The molecule has 13 heteroatoms. The van der Waals surface area contributed by atoms with Gasteiger partial charge in [-0.25, -0.2) is 9.18 Å². The second-order valence-electron chi connectivity index (χ2n) is 11.6. The van der Waals surface area contributed by atoms with E-state index in [1.807, 2.05) is 6.92 Å². The molecule has 2 fully saturated rings. The van der Waals surface area contributed by atoms with Crippen LogP contribution in [0.25, 0.3) is 0 Å². The van der Waals surface area contributed by atoms with Crippen molar-refractivity contribution in [1.82, 2.24) is 15.1 Å². The van der Waals surface area contributed by atoms with Gasteiger partial charge in [0.1, 0.15) is 11.9 Å². The number of rotatable bonds is 4. The number of methoxy groups -OCH3 is 1. The van der Waals surface area contributed by atoms with Crippen molar-refractivity contribution in [2.24, 2.45) is 5.92 Å². The number of carbonyl (C=O) groups excluding carboxylic acids is 2. The van der Waals surface area contributed by atoms with Crippen molar-refractivity contribution in [3.05, 3.63) is 70.0 Å². The highest BCUT2D eigenvalue weighted by Crippen LogP contribution is 2.47. The van der Waals surface area contributed by atoms with Gasteiger partial charge in [-0.3, -0.25) is 10.1 Å². The molecule has 43 heavy (non-hydrogen) atoms. The molecule has 2 aromatic rings. The normalized spacial score (nSPS) is 25.1. The number of amides is 2. The van der Waals surface area contributed by atoms with Gasteiger partial charge in [0.25, 0.3) is 0 Å². The molecule has 236 valence electrons. The number of carbonyl (C=O) groups is 2. The lowest BCUT2D eigenvalue weighted by molar-refractivity contribution is -0.144. The van der Waals surface area contributed by atoms with Gasteiger partial charge < -0.3 is 14.5 Å². The third kappa shape index (κ3) is 6.46. The highest BCUT2D eigenvalue weighted by atomic mass is 19.4. The highest BCUT2D eigenvalue weighted by Gasteiger charge is 2.52. The monoisotopic (exact) mass is 617 g/mol. The fourth-order valence-corrected chi connectivity index (χ4v) is 6.37. The maximum Gasteiger partial charge on any atom is 0.416 e. The number of urea groups is 1. The maximum absolute atomic E-state index is 14.0. The van der Waals surface area contributed by atoms with Gasteiger partial charge in [0.2, 0.25) is 0 Å². The molecule has 2 heterocycles. The number of alkyl halides is 6. The molecule has 2 amide bonds. The summed E-state index contributed by atoms with van der Waals surface area (Å²) in [4.78, 5) is 28.9. The molecule has 0 saturated carbocycles. The highest BCUT2D eigenvalue weighted by molar-refractivity contribution is 5.77. The largest absolute Gasteiger partial charge is 0.468 e. The molecule has 6 nitrogen and oxygen atoms in total. The first-order chi connectivity index (χ1) is 19.9. The van der Waals surface area contributed by atoms with Crippen molar-refractivity contribution in [3.8, 4) is 0 Å². The average Bonchev–Trinajstić information content (AvgIpc) is 3.25. The zero-order valence-electron chi connectivity index (χ0n) is 24.4. The van der Waals surface area contributed by atoms with E-state index in [1.165, 1.54) is 38.1 Å². The third-order valence-electron chi connectivity index (χ3n) is 9.02. The van der Waals surface area contributed by atoms with E-state index in [0.29, 0.717) is 42.5 Å². The van der Waals surface area contributed by atoms with E-state index in [2.05, 4.69) is 5.32 Å². The van der Waals surface area contributed by atoms with Gasteiger partial charge in [-0.1, -0.05) is 13.0 Å². The quantitative estimate of drug-likeness (QED) is 0.296. The van der Waals surface area contributed by atoms with Crippen molar-refractivity contribution < 1.29 is 45.1 Å². The molecule has 4 rings (SSSR count). The summed E-state index contributed by atoms with van der Waals surface area (Å²) in [7, 11) is 2.62. The fraction of sp³-hybridized carbons (Fsp3) is 0.533. The summed E-state index contributed by atoms with van der Waals surface area (Å²) >= 11 is 0. The molecule has 0 bridgehead atoms. The summed E-state index contributed by atoms with van der Waals surface area (Å²) in [5, 5.41) is 3.40. The summed E-state index contributed by atoms with van der Waals surface area (Å²) in [6.45, 7) is 5.21. The van der Waals surface area contributed by atoms with Crippen LogP contribution in [0, 0.1) is 18.7 Å². The molecule has 2 saturated heterocycles. The third-order valence-corrected chi connectivity index (χ3v) is 9.02. The van der Waals surface area contributed by atoms with Crippen LogP contribution in [0.15, 0.2) is 36.4 Å². The second kappa shape index (κ2) is 11.6. The molecule has 2 aliphatic heterocycles. The molecule has 0 aliphatic carbocycles. The van der Waals surface area contributed by atoms with E-state index in [0.717, 1.165) is 4.90 Å². The summed E-state index contributed by atoms with van der Waals surface area (Å²) in [6, 6.07) is 2.49. The predicted octanol–water partition coefficient (Wildman–Crippen LogP) is 7.03. The minimum Gasteiger partial charge on any atom is -0.468 e. The van der Waals surface area contributed by atoms with Crippen LogP contribution in [0.1, 0.15) is 73.0 Å². The van der Waals surface area contributed by atoms with Crippen LogP contribution in [0.2, 0.25) is 0 Å². The number of ether oxygens (including phenoxy) is 1. The van der Waals surface area contributed by atoms with Gasteiger partial charge >= 0.3 is 24.4 Å². The van der Waals surface area contributed by atoms with E-state index in [9.17, 15) is 40.3 Å². The first-order valence-corrected chi connectivity index (χ1v) is 13.8.